The topological polar surface area (TPSA) is 75.4 Å². The average molecular weight is 293 g/mol. The lowest BCUT2D eigenvalue weighted by Gasteiger charge is -2.18. The second kappa shape index (κ2) is 5.81. The zero-order chi connectivity index (χ0) is 15.6. The summed E-state index contributed by atoms with van der Waals surface area (Å²) in [6.45, 7) is 4.17. The summed E-state index contributed by atoms with van der Waals surface area (Å²) in [6, 6.07) is 5.66. The van der Waals surface area contributed by atoms with Crippen LogP contribution in [-0.2, 0) is 9.59 Å². The Labute approximate surface area is 123 Å². The predicted molar refractivity (Wildman–Crippen MR) is 78.6 cm³/mol. The van der Waals surface area contributed by atoms with Gasteiger partial charge in [0.1, 0.15) is 0 Å². The fraction of sp³-hybridized carbons (Fsp3) is 0.467. The number of benzene rings is 1. The first-order valence-corrected chi connectivity index (χ1v) is 6.89. The monoisotopic (exact) mass is 293 g/mol. The van der Waals surface area contributed by atoms with Crippen LogP contribution in [0.25, 0.3) is 0 Å². The standard InChI is InChI=1S/C15H20FN3O2/c1-10-4-3-5-12(11(10)2)18-13(20)8-19-7-6-15(16,9-19)14(17)21/h3-5H,6-9H2,1-2H3,(H2,17,21)(H,18,20). The van der Waals surface area contributed by atoms with Crippen LogP contribution in [0.3, 0.4) is 0 Å². The van der Waals surface area contributed by atoms with Crippen LogP contribution in [0.15, 0.2) is 18.2 Å². The number of carbonyl (C=O) groups excluding carboxylic acids is 2. The van der Waals surface area contributed by atoms with Crippen molar-refractivity contribution in [3.05, 3.63) is 29.3 Å². The summed E-state index contributed by atoms with van der Waals surface area (Å²) in [6.07, 6.45) is 0.0408. The molecule has 0 saturated carbocycles. The molecule has 1 aliphatic rings. The van der Waals surface area contributed by atoms with Gasteiger partial charge in [0.25, 0.3) is 5.91 Å². The molecule has 3 N–H and O–H groups in total. The van der Waals surface area contributed by atoms with Crippen LogP contribution in [0.1, 0.15) is 17.5 Å². The van der Waals surface area contributed by atoms with Crippen LogP contribution in [0.2, 0.25) is 0 Å². The zero-order valence-corrected chi connectivity index (χ0v) is 12.3. The Balaban J connectivity index is 1.94. The highest BCUT2D eigenvalue weighted by molar-refractivity contribution is 5.93. The first-order valence-electron chi connectivity index (χ1n) is 6.89. The second-order valence-corrected chi connectivity index (χ2v) is 5.59. The Morgan fingerprint density at radius 2 is 2.14 bits per heavy atom. The van der Waals surface area contributed by atoms with E-state index in [0.717, 1.165) is 16.8 Å². The summed E-state index contributed by atoms with van der Waals surface area (Å²) in [7, 11) is 0. The quantitative estimate of drug-likeness (QED) is 0.874. The summed E-state index contributed by atoms with van der Waals surface area (Å²) in [4.78, 5) is 24.7. The highest BCUT2D eigenvalue weighted by atomic mass is 19.1. The molecule has 0 bridgehead atoms. The molecule has 1 aromatic carbocycles. The average Bonchev–Trinajstić information content (AvgIpc) is 2.78. The van der Waals surface area contributed by atoms with Crippen molar-refractivity contribution < 1.29 is 14.0 Å². The van der Waals surface area contributed by atoms with Crippen LogP contribution in [-0.4, -0.2) is 42.0 Å². The highest BCUT2D eigenvalue weighted by Gasteiger charge is 2.43. The maximum atomic E-state index is 14.0. The van der Waals surface area contributed by atoms with Gasteiger partial charge in [-0.1, -0.05) is 12.1 Å². The van der Waals surface area contributed by atoms with E-state index < -0.39 is 11.6 Å². The normalized spacial score (nSPS) is 22.2. The first-order chi connectivity index (χ1) is 9.82. The smallest absolute Gasteiger partial charge is 0.256 e. The number of carbonyl (C=O) groups is 2. The van der Waals surface area contributed by atoms with Crippen LogP contribution in [0.4, 0.5) is 10.1 Å². The summed E-state index contributed by atoms with van der Waals surface area (Å²) < 4.78 is 14.0. The van der Waals surface area contributed by atoms with Crippen molar-refractivity contribution in [2.24, 2.45) is 5.73 Å². The van der Waals surface area contributed by atoms with E-state index in [0.29, 0.717) is 6.54 Å². The lowest BCUT2D eigenvalue weighted by atomic mass is 10.1. The molecule has 1 atom stereocenters. The molecule has 114 valence electrons. The number of nitrogens with zero attached hydrogens (tertiary/aromatic N) is 1. The number of amides is 2. The van der Waals surface area contributed by atoms with E-state index in [4.69, 9.17) is 5.73 Å². The van der Waals surface area contributed by atoms with Gasteiger partial charge in [0.05, 0.1) is 6.54 Å². The van der Waals surface area contributed by atoms with E-state index in [1.165, 1.54) is 0 Å². The van der Waals surface area contributed by atoms with E-state index >= 15 is 0 Å². The molecule has 21 heavy (non-hydrogen) atoms. The van der Waals surface area contributed by atoms with Gasteiger partial charge in [0, 0.05) is 25.2 Å². The van der Waals surface area contributed by atoms with Crippen molar-refractivity contribution in [3.8, 4) is 0 Å². The minimum atomic E-state index is -2.01. The Hall–Kier alpha value is -1.95. The SMILES string of the molecule is Cc1cccc(NC(=O)CN2CCC(F)(C(N)=O)C2)c1C. The van der Waals surface area contributed by atoms with Gasteiger partial charge in [-0.3, -0.25) is 14.5 Å². The molecule has 1 unspecified atom stereocenters. The molecule has 1 aromatic rings. The number of halogens is 1. The molecule has 0 aromatic heterocycles. The van der Waals surface area contributed by atoms with Gasteiger partial charge in [0.2, 0.25) is 11.6 Å². The summed E-state index contributed by atoms with van der Waals surface area (Å²) in [5.74, 6) is -1.18. The maximum absolute atomic E-state index is 14.0. The molecule has 1 aliphatic heterocycles. The molecule has 5 nitrogen and oxygen atoms in total. The lowest BCUT2D eigenvalue weighted by Crippen LogP contribution is -2.43. The van der Waals surface area contributed by atoms with Gasteiger partial charge in [-0.15, -0.1) is 0 Å². The van der Waals surface area contributed by atoms with Crippen molar-refractivity contribution in [1.82, 2.24) is 4.90 Å². The number of hydrogen-bond acceptors (Lipinski definition) is 3. The second-order valence-electron chi connectivity index (χ2n) is 5.59. The number of aryl methyl sites for hydroxylation is 1. The Kier molecular flexibility index (Phi) is 4.27. The number of primary amides is 1. The third-order valence-corrected chi connectivity index (χ3v) is 3.99. The van der Waals surface area contributed by atoms with Gasteiger partial charge in [0.15, 0.2) is 0 Å². The van der Waals surface area contributed by atoms with Crippen molar-refractivity contribution in [2.45, 2.75) is 25.9 Å². The van der Waals surface area contributed by atoms with E-state index in [-0.39, 0.29) is 25.4 Å². The van der Waals surface area contributed by atoms with E-state index in [1.807, 2.05) is 32.0 Å². The van der Waals surface area contributed by atoms with E-state index in [2.05, 4.69) is 5.32 Å². The predicted octanol–water partition coefficient (Wildman–Crippen LogP) is 1.14. The molecule has 1 saturated heterocycles. The molecular weight excluding hydrogens is 273 g/mol. The molecule has 2 rings (SSSR count). The Morgan fingerprint density at radius 1 is 1.43 bits per heavy atom. The number of hydrogen-bond donors (Lipinski definition) is 2. The molecule has 0 spiro atoms. The van der Waals surface area contributed by atoms with Crippen molar-refractivity contribution in [3.63, 3.8) is 0 Å². The first kappa shape index (κ1) is 15.4. The molecule has 2 amide bonds. The number of alkyl halides is 1. The molecule has 1 fully saturated rings. The minimum Gasteiger partial charge on any atom is -0.367 e. The fourth-order valence-electron chi connectivity index (χ4n) is 2.46. The van der Waals surface area contributed by atoms with Crippen molar-refractivity contribution in [1.29, 1.82) is 0 Å². The van der Waals surface area contributed by atoms with Gasteiger partial charge in [-0.2, -0.15) is 0 Å². The summed E-state index contributed by atoms with van der Waals surface area (Å²) >= 11 is 0. The highest BCUT2D eigenvalue weighted by Crippen LogP contribution is 2.25. The number of likely N-dealkylation sites (tertiary alicyclic amines) is 1. The van der Waals surface area contributed by atoms with Crippen molar-refractivity contribution >= 4 is 17.5 Å². The van der Waals surface area contributed by atoms with Crippen LogP contribution < -0.4 is 11.1 Å². The number of nitrogens with two attached hydrogens (primary N) is 1. The van der Waals surface area contributed by atoms with Crippen LogP contribution in [0.5, 0.6) is 0 Å². The van der Waals surface area contributed by atoms with Gasteiger partial charge < -0.3 is 11.1 Å². The largest absolute Gasteiger partial charge is 0.367 e. The Morgan fingerprint density at radius 3 is 2.76 bits per heavy atom. The summed E-state index contributed by atoms with van der Waals surface area (Å²) in [5, 5.41) is 2.82. The molecule has 6 heteroatoms. The third kappa shape index (κ3) is 3.39. The fourth-order valence-corrected chi connectivity index (χ4v) is 2.46. The minimum absolute atomic E-state index is 0.0408. The van der Waals surface area contributed by atoms with E-state index in [1.54, 1.807) is 4.90 Å². The molecular formula is C15H20FN3O2. The molecule has 1 heterocycles. The Bertz CT molecular complexity index is 576. The van der Waals surface area contributed by atoms with Crippen molar-refractivity contribution in [2.75, 3.05) is 25.0 Å². The van der Waals surface area contributed by atoms with Gasteiger partial charge >= 0.3 is 0 Å². The number of anilines is 1. The third-order valence-electron chi connectivity index (χ3n) is 3.99. The molecule has 0 aliphatic carbocycles. The number of rotatable bonds is 4. The molecule has 0 radical (unpaired) electrons. The number of nitrogens with one attached hydrogen (secondary N) is 1. The maximum Gasteiger partial charge on any atom is 0.256 e. The van der Waals surface area contributed by atoms with Crippen LogP contribution >= 0.6 is 0 Å². The van der Waals surface area contributed by atoms with E-state index in [9.17, 15) is 14.0 Å². The summed E-state index contributed by atoms with van der Waals surface area (Å²) in [5.41, 5.74) is 5.87. The van der Waals surface area contributed by atoms with Gasteiger partial charge in [-0.05, 0) is 31.0 Å². The zero-order valence-electron chi connectivity index (χ0n) is 12.3. The van der Waals surface area contributed by atoms with Crippen LogP contribution in [0, 0.1) is 13.8 Å². The van der Waals surface area contributed by atoms with Gasteiger partial charge in [-0.25, -0.2) is 4.39 Å². The lowest BCUT2D eigenvalue weighted by molar-refractivity contribution is -0.129.